The Labute approximate surface area is 184 Å². The molecule has 11 heteroatoms. The van der Waals surface area contributed by atoms with Crippen LogP contribution in [0.5, 0.6) is 0 Å². The SMILES string of the molecule is Cc1nc(C(=O)NCC(O)(c2ccccc2)C(F)(F)F)nc(NCCC2CNNC2)c1C. The fourth-order valence-corrected chi connectivity index (χ4v) is 3.37. The highest BCUT2D eigenvalue weighted by atomic mass is 19.4. The molecule has 1 unspecified atom stereocenters. The van der Waals surface area contributed by atoms with Crippen LogP contribution >= 0.6 is 0 Å². The van der Waals surface area contributed by atoms with Gasteiger partial charge in [0.15, 0.2) is 0 Å². The van der Waals surface area contributed by atoms with E-state index in [0.29, 0.717) is 24.0 Å². The van der Waals surface area contributed by atoms with Crippen molar-refractivity contribution >= 4 is 11.7 Å². The van der Waals surface area contributed by atoms with Gasteiger partial charge >= 0.3 is 6.18 Å². The maximum absolute atomic E-state index is 13.6. The number of hydrogen-bond donors (Lipinski definition) is 5. The second kappa shape index (κ2) is 9.80. The van der Waals surface area contributed by atoms with Crippen LogP contribution in [0, 0.1) is 19.8 Å². The van der Waals surface area contributed by atoms with Gasteiger partial charge in [0.25, 0.3) is 5.91 Å². The number of carbonyl (C=O) groups is 1. The number of hydrazine groups is 1. The Morgan fingerprint density at radius 1 is 1.16 bits per heavy atom. The number of anilines is 1. The van der Waals surface area contributed by atoms with Gasteiger partial charge in [0.2, 0.25) is 11.4 Å². The number of aryl methyl sites for hydroxylation is 1. The van der Waals surface area contributed by atoms with Gasteiger partial charge in [0.05, 0.1) is 6.54 Å². The first-order valence-electron chi connectivity index (χ1n) is 10.3. The highest BCUT2D eigenvalue weighted by molar-refractivity contribution is 5.91. The molecule has 2 heterocycles. The fourth-order valence-electron chi connectivity index (χ4n) is 3.37. The molecule has 0 radical (unpaired) electrons. The molecule has 0 aliphatic carbocycles. The van der Waals surface area contributed by atoms with Crippen LogP contribution in [0.3, 0.4) is 0 Å². The summed E-state index contributed by atoms with van der Waals surface area (Å²) in [5.41, 5.74) is 3.79. The summed E-state index contributed by atoms with van der Waals surface area (Å²) >= 11 is 0. The van der Waals surface area contributed by atoms with E-state index in [1.807, 2.05) is 0 Å². The van der Waals surface area contributed by atoms with E-state index in [0.717, 1.165) is 37.2 Å². The number of halogens is 3. The Morgan fingerprint density at radius 3 is 2.44 bits per heavy atom. The van der Waals surface area contributed by atoms with Gasteiger partial charge in [-0.25, -0.2) is 9.97 Å². The molecule has 3 rings (SSSR count). The summed E-state index contributed by atoms with van der Waals surface area (Å²) in [7, 11) is 0. The van der Waals surface area contributed by atoms with Crippen LogP contribution < -0.4 is 21.5 Å². The second-order valence-electron chi connectivity index (χ2n) is 7.86. The van der Waals surface area contributed by atoms with Crippen molar-refractivity contribution in [3.05, 3.63) is 53.0 Å². The molecule has 0 spiro atoms. The number of benzene rings is 1. The lowest BCUT2D eigenvalue weighted by atomic mass is 9.93. The minimum atomic E-state index is -5.00. The molecule has 0 saturated carbocycles. The molecule has 1 saturated heterocycles. The smallest absolute Gasteiger partial charge is 0.375 e. The Hall–Kier alpha value is -2.76. The van der Waals surface area contributed by atoms with Crippen molar-refractivity contribution in [2.75, 3.05) is 31.5 Å². The molecule has 1 fully saturated rings. The zero-order valence-electron chi connectivity index (χ0n) is 17.9. The van der Waals surface area contributed by atoms with E-state index in [4.69, 9.17) is 0 Å². The van der Waals surface area contributed by atoms with Gasteiger partial charge in [-0.2, -0.15) is 13.2 Å². The van der Waals surface area contributed by atoms with E-state index in [9.17, 15) is 23.1 Å². The third-order valence-corrected chi connectivity index (χ3v) is 5.57. The predicted molar refractivity (Wildman–Crippen MR) is 113 cm³/mol. The number of hydrogen-bond acceptors (Lipinski definition) is 7. The van der Waals surface area contributed by atoms with E-state index in [1.54, 1.807) is 13.8 Å². The van der Waals surface area contributed by atoms with Gasteiger partial charge in [-0.3, -0.25) is 15.6 Å². The minimum absolute atomic E-state index is 0.266. The molecular formula is C21H27F3N6O2. The molecule has 1 aromatic carbocycles. The number of amides is 1. The summed E-state index contributed by atoms with van der Waals surface area (Å²) in [6.07, 6.45) is -4.12. The van der Waals surface area contributed by atoms with Gasteiger partial charge in [0.1, 0.15) is 5.82 Å². The van der Waals surface area contributed by atoms with Crippen molar-refractivity contribution in [2.24, 2.45) is 5.92 Å². The highest BCUT2D eigenvalue weighted by Crippen LogP contribution is 2.38. The Bertz CT molecular complexity index is 935. The summed E-state index contributed by atoms with van der Waals surface area (Å²) < 4.78 is 40.9. The van der Waals surface area contributed by atoms with Crippen LogP contribution in [0.4, 0.5) is 19.0 Å². The molecule has 1 aromatic heterocycles. The lowest BCUT2D eigenvalue weighted by molar-refractivity contribution is -0.263. The molecule has 0 bridgehead atoms. The van der Waals surface area contributed by atoms with Gasteiger partial charge in [-0.05, 0) is 31.7 Å². The standard InChI is InChI=1S/C21H27F3N6O2/c1-13-14(2)29-18(30-17(13)25-9-8-15-10-27-28-11-15)19(31)26-12-20(32,21(22,23)24)16-6-4-3-5-7-16/h3-7,15,27-28,32H,8-12H2,1-2H3,(H,26,31)(H,25,29,30). The van der Waals surface area contributed by atoms with Crippen LogP contribution in [0.2, 0.25) is 0 Å². The molecule has 1 aliphatic heterocycles. The monoisotopic (exact) mass is 452 g/mol. The van der Waals surface area contributed by atoms with Crippen LogP contribution in [-0.2, 0) is 5.60 Å². The molecule has 1 aliphatic rings. The second-order valence-corrected chi connectivity index (χ2v) is 7.86. The van der Waals surface area contributed by atoms with Gasteiger partial charge < -0.3 is 15.7 Å². The van der Waals surface area contributed by atoms with Crippen LogP contribution in [-0.4, -0.2) is 53.3 Å². The van der Waals surface area contributed by atoms with E-state index in [1.165, 1.54) is 18.2 Å². The number of aliphatic hydroxyl groups is 1. The normalized spacial score (nSPS) is 16.6. The number of nitrogens with zero attached hydrogens (tertiary/aromatic N) is 2. The number of carbonyl (C=O) groups excluding carboxylic acids is 1. The van der Waals surface area contributed by atoms with Gasteiger partial charge in [0, 0.05) is 30.9 Å². The summed E-state index contributed by atoms with van der Waals surface area (Å²) in [4.78, 5) is 20.9. The quantitative estimate of drug-likeness (QED) is 0.415. The molecule has 174 valence electrons. The van der Waals surface area contributed by atoms with E-state index < -0.39 is 24.2 Å². The Morgan fingerprint density at radius 2 is 1.81 bits per heavy atom. The van der Waals surface area contributed by atoms with Crippen molar-refractivity contribution in [2.45, 2.75) is 32.0 Å². The highest BCUT2D eigenvalue weighted by Gasteiger charge is 2.55. The maximum Gasteiger partial charge on any atom is 0.423 e. The van der Waals surface area contributed by atoms with Gasteiger partial charge in [-0.15, -0.1) is 0 Å². The topological polar surface area (TPSA) is 111 Å². The van der Waals surface area contributed by atoms with E-state index >= 15 is 0 Å². The number of alkyl halides is 3. The molecule has 8 nitrogen and oxygen atoms in total. The van der Waals surface area contributed by atoms with Crippen LogP contribution in [0.15, 0.2) is 30.3 Å². The minimum Gasteiger partial charge on any atom is -0.375 e. The third kappa shape index (κ3) is 5.34. The summed E-state index contributed by atoms with van der Waals surface area (Å²) in [6, 6.07) is 6.62. The molecule has 2 aromatic rings. The molecule has 5 N–H and O–H groups in total. The van der Waals surface area contributed by atoms with Crippen molar-refractivity contribution in [1.29, 1.82) is 0 Å². The molecular weight excluding hydrogens is 425 g/mol. The first kappa shape index (κ1) is 23.9. The first-order valence-corrected chi connectivity index (χ1v) is 10.3. The summed E-state index contributed by atoms with van der Waals surface area (Å²) in [5.74, 6) is -0.251. The average Bonchev–Trinajstić information content (AvgIpc) is 3.28. The Kier molecular flexibility index (Phi) is 7.32. The largest absolute Gasteiger partial charge is 0.423 e. The summed E-state index contributed by atoms with van der Waals surface area (Å²) in [6.45, 7) is 4.77. The fraction of sp³-hybridized carbons (Fsp3) is 0.476. The van der Waals surface area contributed by atoms with Crippen LogP contribution in [0.25, 0.3) is 0 Å². The number of rotatable bonds is 8. The van der Waals surface area contributed by atoms with Crippen molar-refractivity contribution in [3.8, 4) is 0 Å². The lowest BCUT2D eigenvalue weighted by Gasteiger charge is -2.31. The van der Waals surface area contributed by atoms with Gasteiger partial charge in [-0.1, -0.05) is 30.3 Å². The summed E-state index contributed by atoms with van der Waals surface area (Å²) in [5, 5.41) is 15.7. The van der Waals surface area contributed by atoms with Crippen LogP contribution in [0.1, 0.15) is 33.9 Å². The van der Waals surface area contributed by atoms with Crippen molar-refractivity contribution in [3.63, 3.8) is 0 Å². The average molecular weight is 452 g/mol. The zero-order chi connectivity index (χ0) is 23.4. The van der Waals surface area contributed by atoms with E-state index in [2.05, 4.69) is 31.5 Å². The molecule has 32 heavy (non-hydrogen) atoms. The molecule has 1 atom stereocenters. The van der Waals surface area contributed by atoms with Crippen molar-refractivity contribution < 1.29 is 23.1 Å². The number of nitrogens with one attached hydrogen (secondary N) is 4. The van der Waals surface area contributed by atoms with Crippen molar-refractivity contribution in [1.82, 2.24) is 26.1 Å². The number of aromatic nitrogens is 2. The Balaban J connectivity index is 1.71. The van der Waals surface area contributed by atoms with E-state index in [-0.39, 0.29) is 11.4 Å². The third-order valence-electron chi connectivity index (χ3n) is 5.57. The lowest BCUT2D eigenvalue weighted by Crippen LogP contribution is -2.51. The first-order chi connectivity index (χ1) is 15.1. The maximum atomic E-state index is 13.6. The predicted octanol–water partition coefficient (Wildman–Crippen LogP) is 1.80. The molecule has 1 amide bonds. The zero-order valence-corrected chi connectivity index (χ0v) is 17.9.